The first-order chi connectivity index (χ1) is 15.7. The highest BCUT2D eigenvalue weighted by Crippen LogP contribution is 2.33. The Kier molecular flexibility index (Phi) is 10.2. The average Bonchev–Trinajstić information content (AvgIpc) is 2.75. The van der Waals surface area contributed by atoms with E-state index in [2.05, 4.69) is 39.8 Å². The summed E-state index contributed by atoms with van der Waals surface area (Å²) < 4.78 is 12.5. The van der Waals surface area contributed by atoms with E-state index in [-0.39, 0.29) is 11.5 Å². The predicted octanol–water partition coefficient (Wildman–Crippen LogP) is 6.28. The molecule has 33 heavy (non-hydrogen) atoms. The molecule has 0 saturated heterocycles. The first-order valence-electron chi connectivity index (χ1n) is 11.7. The largest absolute Gasteiger partial charge is 0.504 e. The summed E-state index contributed by atoms with van der Waals surface area (Å²) in [6, 6.07) is 5.21. The maximum absolute atomic E-state index is 13.0. The van der Waals surface area contributed by atoms with Crippen molar-refractivity contribution in [2.45, 2.75) is 79.7 Å². The SMILES string of the molecule is CCCCCCn1c(=O)c(OC(C)=O)c(O)c2ccc(OC/C=C(\C)CCC=C(C)C)cc21. The molecule has 0 aliphatic rings. The number of carbonyl (C=O) groups excluding carboxylic acids is 1. The van der Waals surface area contributed by atoms with Gasteiger partial charge in [-0.05, 0) is 58.2 Å². The van der Waals surface area contributed by atoms with Crippen LogP contribution in [-0.2, 0) is 11.3 Å². The topological polar surface area (TPSA) is 77.8 Å². The molecule has 0 amide bonds. The van der Waals surface area contributed by atoms with Crippen LogP contribution in [0.4, 0.5) is 0 Å². The lowest BCUT2D eigenvalue weighted by Gasteiger charge is -2.15. The molecule has 0 aliphatic carbocycles. The van der Waals surface area contributed by atoms with E-state index in [1.807, 2.05) is 0 Å². The van der Waals surface area contributed by atoms with Gasteiger partial charge in [-0.1, -0.05) is 43.4 Å². The molecule has 1 heterocycles. The van der Waals surface area contributed by atoms with Crippen molar-refractivity contribution >= 4 is 16.9 Å². The lowest BCUT2D eigenvalue weighted by Crippen LogP contribution is -2.24. The molecule has 0 saturated carbocycles. The number of esters is 1. The first kappa shape index (κ1) is 26.2. The number of benzene rings is 1. The number of aryl methyl sites for hydroxylation is 1. The molecule has 0 spiro atoms. The molecule has 0 aliphatic heterocycles. The van der Waals surface area contributed by atoms with Crippen LogP contribution in [0.25, 0.3) is 10.9 Å². The standard InChI is InChI=1S/C27H37NO5/c1-6-7-8-9-16-28-24-18-22(32-17-15-20(4)12-10-11-19(2)3)13-14-23(24)25(30)26(27(28)31)33-21(5)29/h11,13-15,18,30H,6-10,12,16-17H2,1-5H3/b20-15+. The molecule has 6 heteroatoms. The van der Waals surface area contributed by atoms with Crippen molar-refractivity contribution in [3.05, 3.63) is 51.9 Å². The van der Waals surface area contributed by atoms with Gasteiger partial charge < -0.3 is 19.1 Å². The fourth-order valence-electron chi connectivity index (χ4n) is 3.61. The molecular weight excluding hydrogens is 418 g/mol. The summed E-state index contributed by atoms with van der Waals surface area (Å²) in [5, 5.41) is 11.1. The smallest absolute Gasteiger partial charge is 0.308 e. The number of hydrogen-bond acceptors (Lipinski definition) is 5. The van der Waals surface area contributed by atoms with Gasteiger partial charge >= 0.3 is 5.97 Å². The van der Waals surface area contributed by atoms with Crippen LogP contribution in [-0.4, -0.2) is 22.2 Å². The summed E-state index contributed by atoms with van der Waals surface area (Å²) in [5.74, 6) is -0.686. The minimum atomic E-state index is -0.647. The molecule has 180 valence electrons. The first-order valence-corrected chi connectivity index (χ1v) is 11.7. The van der Waals surface area contributed by atoms with Crippen LogP contribution >= 0.6 is 0 Å². The summed E-state index contributed by atoms with van der Waals surface area (Å²) >= 11 is 0. The van der Waals surface area contributed by atoms with Crippen molar-refractivity contribution in [3.63, 3.8) is 0 Å². The number of unbranched alkanes of at least 4 members (excludes halogenated alkanes) is 3. The molecule has 0 bridgehead atoms. The number of ether oxygens (including phenoxy) is 2. The van der Waals surface area contributed by atoms with Crippen molar-refractivity contribution in [2.24, 2.45) is 0 Å². The van der Waals surface area contributed by atoms with Gasteiger partial charge in [0.2, 0.25) is 5.75 Å². The third kappa shape index (κ3) is 7.81. The second-order valence-electron chi connectivity index (χ2n) is 8.65. The Balaban J connectivity index is 2.31. The van der Waals surface area contributed by atoms with Gasteiger partial charge in [0.15, 0.2) is 5.75 Å². The molecule has 0 fully saturated rings. The van der Waals surface area contributed by atoms with Gasteiger partial charge in [0, 0.05) is 24.9 Å². The highest BCUT2D eigenvalue weighted by molar-refractivity contribution is 5.89. The molecule has 0 atom stereocenters. The minimum absolute atomic E-state index is 0.323. The van der Waals surface area contributed by atoms with E-state index in [0.29, 0.717) is 29.8 Å². The van der Waals surface area contributed by atoms with E-state index in [1.165, 1.54) is 18.1 Å². The van der Waals surface area contributed by atoms with Crippen molar-refractivity contribution in [1.82, 2.24) is 4.57 Å². The number of hydrogen-bond donors (Lipinski definition) is 1. The molecule has 2 aromatic rings. The van der Waals surface area contributed by atoms with Crippen molar-refractivity contribution < 1.29 is 19.4 Å². The van der Waals surface area contributed by atoms with E-state index >= 15 is 0 Å². The number of aromatic hydroxyl groups is 1. The lowest BCUT2D eigenvalue weighted by atomic mass is 10.1. The monoisotopic (exact) mass is 455 g/mol. The highest BCUT2D eigenvalue weighted by atomic mass is 16.5. The summed E-state index contributed by atoms with van der Waals surface area (Å²) in [4.78, 5) is 24.5. The van der Waals surface area contributed by atoms with Gasteiger partial charge in [-0.25, -0.2) is 0 Å². The summed E-state index contributed by atoms with van der Waals surface area (Å²) in [5.41, 5.74) is 2.62. The fourth-order valence-corrected chi connectivity index (χ4v) is 3.61. The number of aromatic nitrogens is 1. The minimum Gasteiger partial charge on any atom is -0.504 e. The van der Waals surface area contributed by atoms with Crippen LogP contribution in [0.3, 0.4) is 0 Å². The second-order valence-corrected chi connectivity index (χ2v) is 8.65. The quantitative estimate of drug-likeness (QED) is 0.231. The summed E-state index contributed by atoms with van der Waals surface area (Å²) in [7, 11) is 0. The van der Waals surface area contributed by atoms with Crippen LogP contribution in [0, 0.1) is 0 Å². The molecule has 1 N–H and O–H groups in total. The lowest BCUT2D eigenvalue weighted by molar-refractivity contribution is -0.132. The van der Waals surface area contributed by atoms with E-state index in [1.54, 1.807) is 22.8 Å². The zero-order valence-electron chi connectivity index (χ0n) is 20.6. The third-order valence-electron chi connectivity index (χ3n) is 5.42. The van der Waals surface area contributed by atoms with Gasteiger partial charge in [-0.3, -0.25) is 9.59 Å². The Labute approximate surface area is 196 Å². The molecule has 2 rings (SSSR count). The van der Waals surface area contributed by atoms with E-state index < -0.39 is 11.5 Å². The van der Waals surface area contributed by atoms with Gasteiger partial charge in [0.1, 0.15) is 12.4 Å². The van der Waals surface area contributed by atoms with Crippen molar-refractivity contribution in [3.8, 4) is 17.2 Å². The Morgan fingerprint density at radius 3 is 2.52 bits per heavy atom. The molecule has 0 unspecified atom stereocenters. The van der Waals surface area contributed by atoms with E-state index in [0.717, 1.165) is 38.5 Å². The highest BCUT2D eigenvalue weighted by Gasteiger charge is 2.19. The Morgan fingerprint density at radius 1 is 1.09 bits per heavy atom. The number of rotatable bonds is 12. The van der Waals surface area contributed by atoms with Crippen LogP contribution in [0.15, 0.2) is 46.3 Å². The predicted molar refractivity (Wildman–Crippen MR) is 133 cm³/mol. The summed E-state index contributed by atoms with van der Waals surface area (Å²) in [6.45, 7) is 10.5. The van der Waals surface area contributed by atoms with Gasteiger partial charge in [-0.2, -0.15) is 0 Å². The van der Waals surface area contributed by atoms with Crippen LogP contribution in [0.2, 0.25) is 0 Å². The van der Waals surface area contributed by atoms with Crippen LogP contribution < -0.4 is 15.0 Å². The Hall–Kier alpha value is -3.02. The fraction of sp³-hybridized carbons (Fsp3) is 0.481. The molecule has 1 aromatic heterocycles. The number of pyridine rings is 1. The normalized spacial score (nSPS) is 11.5. The number of fused-ring (bicyclic) bond motifs is 1. The van der Waals surface area contributed by atoms with Crippen molar-refractivity contribution in [1.29, 1.82) is 0 Å². The number of allylic oxidation sites excluding steroid dienone is 3. The van der Waals surface area contributed by atoms with Gasteiger partial charge in [0.25, 0.3) is 5.56 Å². The maximum Gasteiger partial charge on any atom is 0.308 e. The van der Waals surface area contributed by atoms with E-state index in [4.69, 9.17) is 9.47 Å². The molecule has 1 aromatic carbocycles. The molecule has 6 nitrogen and oxygen atoms in total. The zero-order chi connectivity index (χ0) is 24.4. The van der Waals surface area contributed by atoms with Gasteiger partial charge in [0.05, 0.1) is 5.52 Å². The Bertz CT molecular complexity index is 1070. The van der Waals surface area contributed by atoms with Crippen LogP contribution in [0.1, 0.15) is 73.1 Å². The Morgan fingerprint density at radius 2 is 1.85 bits per heavy atom. The average molecular weight is 456 g/mol. The second kappa shape index (κ2) is 12.9. The maximum atomic E-state index is 13.0. The van der Waals surface area contributed by atoms with Crippen LogP contribution in [0.5, 0.6) is 17.2 Å². The number of carbonyl (C=O) groups is 1. The van der Waals surface area contributed by atoms with Gasteiger partial charge in [-0.15, -0.1) is 0 Å². The third-order valence-corrected chi connectivity index (χ3v) is 5.42. The summed E-state index contributed by atoms with van der Waals surface area (Å²) in [6.07, 6.45) is 10.2. The zero-order valence-corrected chi connectivity index (χ0v) is 20.6. The van der Waals surface area contributed by atoms with E-state index in [9.17, 15) is 14.7 Å². The van der Waals surface area contributed by atoms with Crippen molar-refractivity contribution in [2.75, 3.05) is 6.61 Å². The number of nitrogens with zero attached hydrogens (tertiary/aromatic N) is 1. The molecular formula is C27H37NO5. The molecule has 0 radical (unpaired) electrons.